The van der Waals surface area contributed by atoms with Crippen LogP contribution >= 0.6 is 11.8 Å². The third-order valence-corrected chi connectivity index (χ3v) is 3.89. The molecule has 0 aliphatic carbocycles. The first-order valence-electron chi connectivity index (χ1n) is 5.75. The van der Waals surface area contributed by atoms with Gasteiger partial charge in [0.15, 0.2) is 0 Å². The molecule has 1 unspecified atom stereocenters. The zero-order valence-corrected chi connectivity index (χ0v) is 10.7. The highest BCUT2D eigenvalue weighted by atomic mass is 32.2. The molecule has 0 N–H and O–H groups in total. The molecule has 0 aromatic heterocycles. The lowest BCUT2D eigenvalue weighted by Crippen LogP contribution is -2.40. The van der Waals surface area contributed by atoms with E-state index in [2.05, 4.69) is 0 Å². The molecule has 4 nitrogen and oxygen atoms in total. The zero-order valence-electron chi connectivity index (χ0n) is 9.90. The summed E-state index contributed by atoms with van der Waals surface area (Å²) < 4.78 is 4.85. The van der Waals surface area contributed by atoms with Crippen molar-refractivity contribution in [1.29, 1.82) is 0 Å². The van der Waals surface area contributed by atoms with E-state index in [1.165, 1.54) is 0 Å². The highest BCUT2D eigenvalue weighted by Gasteiger charge is 2.28. The Morgan fingerprint density at radius 2 is 2.19 bits per heavy atom. The van der Waals surface area contributed by atoms with Crippen LogP contribution in [0.2, 0.25) is 0 Å². The van der Waals surface area contributed by atoms with Gasteiger partial charge < -0.3 is 9.64 Å². The Bertz CT molecular complexity index is 252. The molecule has 92 valence electrons. The SMILES string of the molecule is CCOC(=O)CN(CC)C(=O)C1CCCS1. The fraction of sp³-hybridized carbons (Fsp3) is 0.818. The topological polar surface area (TPSA) is 46.6 Å². The van der Waals surface area contributed by atoms with E-state index in [4.69, 9.17) is 4.74 Å². The van der Waals surface area contributed by atoms with Crippen LogP contribution in [0.15, 0.2) is 0 Å². The van der Waals surface area contributed by atoms with E-state index in [1.807, 2.05) is 6.92 Å². The van der Waals surface area contributed by atoms with Crippen LogP contribution in [0.1, 0.15) is 26.7 Å². The third-order valence-electron chi connectivity index (χ3n) is 2.52. The van der Waals surface area contributed by atoms with E-state index >= 15 is 0 Å². The van der Waals surface area contributed by atoms with E-state index in [0.717, 1.165) is 18.6 Å². The summed E-state index contributed by atoms with van der Waals surface area (Å²) in [6.45, 7) is 4.66. The minimum atomic E-state index is -0.319. The van der Waals surface area contributed by atoms with Crippen molar-refractivity contribution in [2.24, 2.45) is 0 Å². The van der Waals surface area contributed by atoms with E-state index < -0.39 is 0 Å². The second-order valence-electron chi connectivity index (χ2n) is 3.66. The molecule has 0 bridgehead atoms. The molecule has 1 rings (SSSR count). The molecule has 0 aromatic carbocycles. The first-order valence-corrected chi connectivity index (χ1v) is 6.79. The van der Waals surface area contributed by atoms with Gasteiger partial charge in [-0.05, 0) is 32.4 Å². The van der Waals surface area contributed by atoms with Crippen molar-refractivity contribution < 1.29 is 14.3 Å². The van der Waals surface area contributed by atoms with Crippen LogP contribution in [0, 0.1) is 0 Å². The number of nitrogens with zero attached hydrogens (tertiary/aromatic N) is 1. The van der Waals surface area contributed by atoms with Crippen LogP contribution in [0.5, 0.6) is 0 Å². The standard InChI is InChI=1S/C11H19NO3S/c1-3-12(8-10(13)15-4-2)11(14)9-6-5-7-16-9/h9H,3-8H2,1-2H3. The third kappa shape index (κ3) is 3.70. The van der Waals surface area contributed by atoms with Crippen molar-refractivity contribution in [3.63, 3.8) is 0 Å². The predicted octanol–water partition coefficient (Wildman–Crippen LogP) is 1.29. The molecule has 1 atom stereocenters. The normalized spacial score (nSPS) is 19.5. The van der Waals surface area contributed by atoms with Crippen molar-refractivity contribution in [2.75, 3.05) is 25.4 Å². The average Bonchev–Trinajstić information content (AvgIpc) is 2.78. The minimum Gasteiger partial charge on any atom is -0.465 e. The van der Waals surface area contributed by atoms with Crippen molar-refractivity contribution in [2.45, 2.75) is 31.9 Å². The summed E-state index contributed by atoms with van der Waals surface area (Å²) in [5, 5.41) is 0.0503. The average molecular weight is 245 g/mol. The highest BCUT2D eigenvalue weighted by Crippen LogP contribution is 2.27. The maximum Gasteiger partial charge on any atom is 0.325 e. The number of hydrogen-bond donors (Lipinski definition) is 0. The molecular formula is C11H19NO3S. The monoisotopic (exact) mass is 245 g/mol. The Hall–Kier alpha value is -0.710. The molecule has 16 heavy (non-hydrogen) atoms. The van der Waals surface area contributed by atoms with Gasteiger partial charge in [-0.1, -0.05) is 0 Å². The molecule has 1 heterocycles. The maximum atomic E-state index is 12.0. The van der Waals surface area contributed by atoms with Gasteiger partial charge in [0.1, 0.15) is 6.54 Å². The van der Waals surface area contributed by atoms with Crippen LogP contribution in [0.25, 0.3) is 0 Å². The van der Waals surface area contributed by atoms with Crippen molar-refractivity contribution >= 4 is 23.6 Å². The molecule has 1 aliphatic heterocycles. The molecule has 0 spiro atoms. The molecule has 1 fully saturated rings. The lowest BCUT2D eigenvalue weighted by Gasteiger charge is -2.22. The second-order valence-corrected chi connectivity index (χ2v) is 4.97. The number of ether oxygens (including phenoxy) is 1. The number of carbonyl (C=O) groups is 2. The maximum absolute atomic E-state index is 12.0. The summed E-state index contributed by atoms with van der Waals surface area (Å²) in [5.74, 6) is 0.812. The number of likely N-dealkylation sites (N-methyl/N-ethyl adjacent to an activating group) is 1. The molecule has 1 saturated heterocycles. The largest absolute Gasteiger partial charge is 0.465 e. The van der Waals surface area contributed by atoms with E-state index in [0.29, 0.717) is 13.2 Å². The first kappa shape index (κ1) is 13.4. The molecule has 0 aromatic rings. The van der Waals surface area contributed by atoms with Crippen molar-refractivity contribution in [1.82, 2.24) is 4.90 Å². The fourth-order valence-corrected chi connectivity index (χ4v) is 2.93. The Morgan fingerprint density at radius 3 is 2.69 bits per heavy atom. The lowest BCUT2D eigenvalue weighted by molar-refractivity contribution is -0.148. The van der Waals surface area contributed by atoms with Gasteiger partial charge in [0, 0.05) is 6.54 Å². The van der Waals surface area contributed by atoms with Gasteiger partial charge in [0.05, 0.1) is 11.9 Å². The van der Waals surface area contributed by atoms with Gasteiger partial charge >= 0.3 is 5.97 Å². The van der Waals surface area contributed by atoms with Crippen LogP contribution in [-0.4, -0.2) is 47.5 Å². The Labute approximate surface area is 101 Å². The molecule has 0 radical (unpaired) electrons. The van der Waals surface area contributed by atoms with Crippen molar-refractivity contribution in [3.05, 3.63) is 0 Å². The first-order chi connectivity index (χ1) is 7.69. The number of hydrogen-bond acceptors (Lipinski definition) is 4. The molecule has 0 saturated carbocycles. The number of esters is 1. The van der Waals surface area contributed by atoms with Crippen LogP contribution in [0.4, 0.5) is 0 Å². The number of thioether (sulfide) groups is 1. The van der Waals surface area contributed by atoms with Gasteiger partial charge in [-0.3, -0.25) is 9.59 Å². The highest BCUT2D eigenvalue weighted by molar-refractivity contribution is 8.00. The van der Waals surface area contributed by atoms with Crippen molar-refractivity contribution in [3.8, 4) is 0 Å². The minimum absolute atomic E-state index is 0.0503. The molecule has 5 heteroatoms. The summed E-state index contributed by atoms with van der Waals surface area (Å²) in [7, 11) is 0. The quantitative estimate of drug-likeness (QED) is 0.685. The smallest absolute Gasteiger partial charge is 0.325 e. The van der Waals surface area contributed by atoms with Crippen LogP contribution < -0.4 is 0 Å². The summed E-state index contributed by atoms with van der Waals surface area (Å²) in [6.07, 6.45) is 2.03. The van der Waals surface area contributed by atoms with E-state index in [9.17, 15) is 9.59 Å². The zero-order chi connectivity index (χ0) is 12.0. The molecular weight excluding hydrogens is 226 g/mol. The Morgan fingerprint density at radius 1 is 1.44 bits per heavy atom. The molecule has 1 aliphatic rings. The van der Waals surface area contributed by atoms with Gasteiger partial charge in [0.25, 0.3) is 0 Å². The van der Waals surface area contributed by atoms with Gasteiger partial charge in [-0.25, -0.2) is 0 Å². The van der Waals surface area contributed by atoms with E-state index in [-0.39, 0.29) is 23.7 Å². The van der Waals surface area contributed by atoms with Crippen LogP contribution in [0.3, 0.4) is 0 Å². The predicted molar refractivity (Wildman–Crippen MR) is 64.4 cm³/mol. The summed E-state index contributed by atoms with van der Waals surface area (Å²) in [4.78, 5) is 24.9. The lowest BCUT2D eigenvalue weighted by atomic mass is 10.2. The summed E-state index contributed by atoms with van der Waals surface area (Å²) >= 11 is 1.69. The number of rotatable bonds is 5. The fourth-order valence-electron chi connectivity index (χ4n) is 1.68. The van der Waals surface area contributed by atoms with Gasteiger partial charge in [-0.2, -0.15) is 0 Å². The van der Waals surface area contributed by atoms with Gasteiger partial charge in [0.2, 0.25) is 5.91 Å². The van der Waals surface area contributed by atoms with Crippen LogP contribution in [-0.2, 0) is 14.3 Å². The molecule has 1 amide bonds. The summed E-state index contributed by atoms with van der Waals surface area (Å²) in [5.41, 5.74) is 0. The Kier molecular flexibility index (Phi) is 5.66. The summed E-state index contributed by atoms with van der Waals surface area (Å²) in [6, 6.07) is 0. The van der Waals surface area contributed by atoms with Gasteiger partial charge in [-0.15, -0.1) is 11.8 Å². The Balaban J connectivity index is 2.45. The van der Waals surface area contributed by atoms with E-state index in [1.54, 1.807) is 23.6 Å². The number of amides is 1. The second kappa shape index (κ2) is 6.78. The number of carbonyl (C=O) groups excluding carboxylic acids is 2.